The van der Waals surface area contributed by atoms with Gasteiger partial charge in [0.25, 0.3) is 0 Å². The van der Waals surface area contributed by atoms with Gasteiger partial charge in [-0.25, -0.2) is 0 Å². The Kier molecular flexibility index (Phi) is 11.1. The summed E-state index contributed by atoms with van der Waals surface area (Å²) in [7, 11) is 0. The molecule has 2 heteroatoms. The molecule has 1 unspecified atom stereocenters. The molecule has 1 aliphatic rings. The van der Waals surface area contributed by atoms with Gasteiger partial charge in [-0.05, 0) is 71.5 Å². The van der Waals surface area contributed by atoms with Gasteiger partial charge in [-0.15, -0.1) is 0 Å². The van der Waals surface area contributed by atoms with Crippen molar-refractivity contribution in [2.45, 2.75) is 122 Å². The van der Waals surface area contributed by atoms with Crippen molar-refractivity contribution in [1.29, 1.82) is 0 Å². The van der Waals surface area contributed by atoms with E-state index in [9.17, 15) is 0 Å². The molecule has 0 radical (unpaired) electrons. The van der Waals surface area contributed by atoms with E-state index in [1.165, 1.54) is 136 Å². The standard InChI is InChI=1S/C28H44IN/c1-2-3-4-5-6-7-8-9-10-11-12-13-14-15-16-23-17-19-25-26-22-24(29)18-20-27(26)30-28(25)21-23/h18,20,22-23,30H,2-17,19,21H2,1H3. The van der Waals surface area contributed by atoms with Crippen LogP contribution in [0.1, 0.15) is 121 Å². The summed E-state index contributed by atoms with van der Waals surface area (Å²) < 4.78 is 1.35. The smallest absolute Gasteiger partial charge is 0.0459 e. The molecule has 3 rings (SSSR count). The fourth-order valence-corrected chi connectivity index (χ4v) is 5.84. The van der Waals surface area contributed by atoms with E-state index in [0.29, 0.717) is 0 Å². The van der Waals surface area contributed by atoms with Gasteiger partial charge in [0.05, 0.1) is 0 Å². The Bertz CT molecular complexity index is 732. The molecule has 0 bridgehead atoms. The molecule has 0 spiro atoms. The van der Waals surface area contributed by atoms with Crippen molar-refractivity contribution >= 4 is 33.5 Å². The number of hydrogen-bond donors (Lipinski definition) is 1. The minimum absolute atomic E-state index is 0.905. The number of fused-ring (bicyclic) bond motifs is 3. The molecule has 2 aromatic rings. The van der Waals surface area contributed by atoms with Crippen molar-refractivity contribution < 1.29 is 0 Å². The summed E-state index contributed by atoms with van der Waals surface area (Å²) in [4.78, 5) is 3.72. The molecular weight excluding hydrogens is 477 g/mol. The number of hydrogen-bond acceptors (Lipinski definition) is 0. The van der Waals surface area contributed by atoms with Crippen molar-refractivity contribution in [2.75, 3.05) is 0 Å². The largest absolute Gasteiger partial charge is 0.358 e. The Labute approximate surface area is 199 Å². The SMILES string of the molecule is CCCCCCCCCCCCCCCCC1CCc2c([nH]c3ccc(I)cc23)C1. The van der Waals surface area contributed by atoms with E-state index in [1.807, 2.05) is 0 Å². The first-order valence-electron chi connectivity index (χ1n) is 13.1. The van der Waals surface area contributed by atoms with Crippen LogP contribution in [0, 0.1) is 9.49 Å². The first-order chi connectivity index (χ1) is 14.8. The lowest BCUT2D eigenvalue weighted by molar-refractivity contribution is 0.401. The number of aromatic nitrogens is 1. The lowest BCUT2D eigenvalue weighted by atomic mass is 9.84. The number of nitrogens with one attached hydrogen (secondary N) is 1. The highest BCUT2D eigenvalue weighted by Crippen LogP contribution is 2.34. The molecule has 1 aromatic carbocycles. The van der Waals surface area contributed by atoms with Gasteiger partial charge in [0.1, 0.15) is 0 Å². The van der Waals surface area contributed by atoms with Crippen LogP contribution < -0.4 is 0 Å². The number of H-pyrrole nitrogens is 1. The van der Waals surface area contributed by atoms with E-state index >= 15 is 0 Å². The minimum Gasteiger partial charge on any atom is -0.358 e. The summed E-state index contributed by atoms with van der Waals surface area (Å²) in [5.74, 6) is 0.905. The molecule has 0 saturated carbocycles. The average Bonchev–Trinajstić information content (AvgIpc) is 3.11. The molecule has 1 N–H and O–H groups in total. The molecule has 1 nitrogen and oxygen atoms in total. The van der Waals surface area contributed by atoms with Crippen LogP contribution in [0.3, 0.4) is 0 Å². The van der Waals surface area contributed by atoms with Crippen molar-refractivity contribution in [2.24, 2.45) is 5.92 Å². The average molecular weight is 522 g/mol. The number of aromatic amines is 1. The van der Waals surface area contributed by atoms with Crippen molar-refractivity contribution in [3.63, 3.8) is 0 Å². The van der Waals surface area contributed by atoms with Crippen molar-refractivity contribution in [1.82, 2.24) is 4.98 Å². The maximum atomic E-state index is 3.72. The second-order valence-corrected chi connectivity index (χ2v) is 11.0. The van der Waals surface area contributed by atoms with Crippen LogP contribution in [0.25, 0.3) is 10.9 Å². The normalized spacial score (nSPS) is 16.3. The van der Waals surface area contributed by atoms with E-state index < -0.39 is 0 Å². The molecule has 0 aliphatic heterocycles. The summed E-state index contributed by atoms with van der Waals surface area (Å²) in [6.45, 7) is 2.30. The fraction of sp³-hybridized carbons (Fsp3) is 0.714. The Balaban J connectivity index is 1.18. The molecule has 1 heterocycles. The van der Waals surface area contributed by atoms with E-state index in [1.54, 1.807) is 5.56 Å². The third-order valence-electron chi connectivity index (χ3n) is 7.22. The summed E-state index contributed by atoms with van der Waals surface area (Å²) in [5, 5.41) is 1.48. The zero-order valence-corrected chi connectivity index (χ0v) is 21.6. The lowest BCUT2D eigenvalue weighted by Crippen LogP contribution is -2.13. The van der Waals surface area contributed by atoms with Crippen LogP contribution >= 0.6 is 22.6 Å². The highest BCUT2D eigenvalue weighted by Gasteiger charge is 2.22. The van der Waals surface area contributed by atoms with Gasteiger partial charge < -0.3 is 4.98 Å². The van der Waals surface area contributed by atoms with Crippen LogP contribution in [0.2, 0.25) is 0 Å². The molecule has 0 saturated heterocycles. The van der Waals surface area contributed by atoms with Gasteiger partial charge in [0.15, 0.2) is 0 Å². The maximum Gasteiger partial charge on any atom is 0.0459 e. The summed E-state index contributed by atoms with van der Waals surface area (Å²) in [6, 6.07) is 6.84. The molecule has 0 amide bonds. The minimum atomic E-state index is 0.905. The third kappa shape index (κ3) is 7.88. The summed E-state index contributed by atoms with van der Waals surface area (Å²) in [6.07, 6.45) is 25.8. The van der Waals surface area contributed by atoms with Crippen molar-refractivity contribution in [3.8, 4) is 0 Å². The van der Waals surface area contributed by atoms with E-state index in [-0.39, 0.29) is 0 Å². The first kappa shape index (κ1) is 24.1. The third-order valence-corrected chi connectivity index (χ3v) is 7.89. The predicted octanol–water partition coefficient (Wildman–Crippen LogP) is 9.75. The van der Waals surface area contributed by atoms with E-state index in [0.717, 1.165) is 5.92 Å². The number of unbranched alkanes of at least 4 members (excludes halogenated alkanes) is 13. The van der Waals surface area contributed by atoms with Crippen LogP contribution in [-0.4, -0.2) is 4.98 Å². The van der Waals surface area contributed by atoms with E-state index in [4.69, 9.17) is 0 Å². The van der Waals surface area contributed by atoms with Gasteiger partial charge >= 0.3 is 0 Å². The monoisotopic (exact) mass is 521 g/mol. The second-order valence-electron chi connectivity index (χ2n) is 9.77. The number of aryl methyl sites for hydroxylation is 1. The Morgan fingerprint density at radius 3 is 2.07 bits per heavy atom. The van der Waals surface area contributed by atoms with Gasteiger partial charge in [-0.2, -0.15) is 0 Å². The van der Waals surface area contributed by atoms with Gasteiger partial charge in [0.2, 0.25) is 0 Å². The Morgan fingerprint density at radius 2 is 1.43 bits per heavy atom. The summed E-state index contributed by atoms with van der Waals surface area (Å²) >= 11 is 2.44. The van der Waals surface area contributed by atoms with Crippen LogP contribution in [0.5, 0.6) is 0 Å². The fourth-order valence-electron chi connectivity index (χ4n) is 5.35. The second kappa shape index (κ2) is 13.8. The number of benzene rings is 1. The molecule has 1 atom stereocenters. The molecule has 30 heavy (non-hydrogen) atoms. The van der Waals surface area contributed by atoms with Crippen LogP contribution in [0.4, 0.5) is 0 Å². The zero-order chi connectivity index (χ0) is 21.0. The molecule has 168 valence electrons. The van der Waals surface area contributed by atoms with E-state index in [2.05, 4.69) is 52.7 Å². The first-order valence-corrected chi connectivity index (χ1v) is 14.1. The quantitative estimate of drug-likeness (QED) is 0.177. The topological polar surface area (TPSA) is 15.8 Å². The molecule has 0 fully saturated rings. The highest BCUT2D eigenvalue weighted by molar-refractivity contribution is 14.1. The Morgan fingerprint density at radius 1 is 0.833 bits per heavy atom. The number of rotatable bonds is 15. The van der Waals surface area contributed by atoms with Gasteiger partial charge in [-0.3, -0.25) is 0 Å². The predicted molar refractivity (Wildman–Crippen MR) is 141 cm³/mol. The van der Waals surface area contributed by atoms with Gasteiger partial charge in [-0.1, -0.05) is 103 Å². The highest BCUT2D eigenvalue weighted by atomic mass is 127. The Hall–Kier alpha value is -0.510. The number of halogens is 1. The molecule has 1 aliphatic carbocycles. The molecular formula is C28H44IN. The molecule has 1 aromatic heterocycles. The van der Waals surface area contributed by atoms with Crippen molar-refractivity contribution in [3.05, 3.63) is 33.0 Å². The lowest BCUT2D eigenvalue weighted by Gasteiger charge is -2.22. The summed E-state index contributed by atoms with van der Waals surface area (Å²) in [5.41, 5.74) is 4.49. The van der Waals surface area contributed by atoms with Gasteiger partial charge in [0, 0.05) is 20.2 Å². The van der Waals surface area contributed by atoms with Crippen LogP contribution in [-0.2, 0) is 12.8 Å². The maximum absolute atomic E-state index is 3.72. The van der Waals surface area contributed by atoms with Crippen LogP contribution in [0.15, 0.2) is 18.2 Å². The zero-order valence-electron chi connectivity index (χ0n) is 19.4.